The van der Waals surface area contributed by atoms with Crippen molar-refractivity contribution in [3.05, 3.63) is 11.7 Å². The predicted molar refractivity (Wildman–Crippen MR) is 61.2 cm³/mol. The molecule has 1 aromatic heterocycles. The Morgan fingerprint density at radius 3 is 2.65 bits per heavy atom. The lowest BCUT2D eigenvalue weighted by Gasteiger charge is -2.01. The summed E-state index contributed by atoms with van der Waals surface area (Å²) in [7, 11) is -3.25. The minimum absolute atomic E-state index is 0.00899. The first-order valence-electron chi connectivity index (χ1n) is 5.37. The van der Waals surface area contributed by atoms with Gasteiger partial charge in [-0.1, -0.05) is 12.1 Å². The van der Waals surface area contributed by atoms with Gasteiger partial charge in [0.25, 0.3) is 0 Å². The smallest absolute Gasteiger partial charge is 0.234 e. The molecule has 0 N–H and O–H groups in total. The second-order valence-corrected chi connectivity index (χ2v) is 6.35. The zero-order valence-electron chi connectivity index (χ0n) is 10.1. The number of nitrogens with zero attached hydrogens (tertiary/aromatic N) is 2. The molecule has 0 aromatic carbocycles. The van der Waals surface area contributed by atoms with Gasteiger partial charge >= 0.3 is 0 Å². The van der Waals surface area contributed by atoms with Crippen LogP contribution < -0.4 is 0 Å². The highest BCUT2D eigenvalue weighted by Crippen LogP contribution is 2.17. The number of ketones is 1. The quantitative estimate of drug-likeness (QED) is 0.760. The van der Waals surface area contributed by atoms with Crippen molar-refractivity contribution < 1.29 is 17.7 Å². The molecule has 96 valence electrons. The molecular weight excluding hydrogens is 244 g/mol. The van der Waals surface area contributed by atoms with E-state index in [-0.39, 0.29) is 23.9 Å². The molecule has 0 bridgehead atoms. The molecule has 0 amide bonds. The first kappa shape index (κ1) is 13.8. The van der Waals surface area contributed by atoms with Gasteiger partial charge in [0.1, 0.15) is 11.0 Å². The zero-order valence-corrected chi connectivity index (χ0v) is 11.0. The van der Waals surface area contributed by atoms with Gasteiger partial charge in [-0.3, -0.25) is 4.79 Å². The molecule has 6 nitrogen and oxygen atoms in total. The van der Waals surface area contributed by atoms with E-state index in [4.69, 9.17) is 4.52 Å². The molecular formula is C10H16N2O4S. The van der Waals surface area contributed by atoms with E-state index in [1.807, 2.05) is 6.92 Å². The summed E-state index contributed by atoms with van der Waals surface area (Å²) in [4.78, 5) is 15.3. The van der Waals surface area contributed by atoms with E-state index in [2.05, 4.69) is 10.1 Å². The molecule has 0 saturated heterocycles. The second-order valence-electron chi connectivity index (χ2n) is 3.98. The fraction of sp³-hybridized carbons (Fsp3) is 0.700. The van der Waals surface area contributed by atoms with Crippen molar-refractivity contribution in [1.29, 1.82) is 0 Å². The molecule has 0 aliphatic heterocycles. The lowest BCUT2D eigenvalue weighted by molar-refractivity contribution is -0.118. The Bertz CT molecular complexity index is 492. The number of carbonyl (C=O) groups excluding carboxylic acids is 1. The van der Waals surface area contributed by atoms with Crippen LogP contribution in [0.4, 0.5) is 0 Å². The lowest BCUT2D eigenvalue weighted by Crippen LogP contribution is -2.09. The number of aromatic nitrogens is 2. The van der Waals surface area contributed by atoms with Crippen LogP contribution in [-0.2, 0) is 21.1 Å². The van der Waals surface area contributed by atoms with Crippen molar-refractivity contribution in [2.45, 2.75) is 38.4 Å². The van der Waals surface area contributed by atoms with Crippen LogP contribution in [0.25, 0.3) is 0 Å². The molecule has 1 rings (SSSR count). The average molecular weight is 260 g/mol. The van der Waals surface area contributed by atoms with Crippen LogP contribution in [0.1, 0.15) is 43.7 Å². The monoisotopic (exact) mass is 260 g/mol. The summed E-state index contributed by atoms with van der Waals surface area (Å²) in [6.07, 6.45) is 2.40. The van der Waals surface area contributed by atoms with E-state index in [1.165, 1.54) is 6.92 Å². The molecule has 1 aromatic rings. The van der Waals surface area contributed by atoms with Gasteiger partial charge in [-0.15, -0.1) is 0 Å². The Morgan fingerprint density at radius 1 is 1.47 bits per heavy atom. The van der Waals surface area contributed by atoms with E-state index < -0.39 is 15.1 Å². The first-order valence-corrected chi connectivity index (χ1v) is 7.33. The van der Waals surface area contributed by atoms with E-state index >= 15 is 0 Å². The molecule has 17 heavy (non-hydrogen) atoms. The van der Waals surface area contributed by atoms with Gasteiger partial charge in [-0.25, -0.2) is 8.42 Å². The van der Waals surface area contributed by atoms with Gasteiger partial charge in [0, 0.05) is 12.7 Å². The van der Waals surface area contributed by atoms with Crippen LogP contribution in [0.2, 0.25) is 0 Å². The number of carbonyl (C=O) groups is 1. The van der Waals surface area contributed by atoms with Crippen molar-refractivity contribution in [2.75, 3.05) is 6.26 Å². The molecule has 0 spiro atoms. The SMILES string of the molecule is CCCC(=O)Cc1nc(C(C)S(C)(=O)=O)no1. The maximum Gasteiger partial charge on any atom is 0.234 e. The Hall–Kier alpha value is -1.24. The van der Waals surface area contributed by atoms with Crippen molar-refractivity contribution in [3.63, 3.8) is 0 Å². The van der Waals surface area contributed by atoms with E-state index in [0.29, 0.717) is 6.42 Å². The van der Waals surface area contributed by atoms with Crippen LogP contribution in [0.5, 0.6) is 0 Å². The molecule has 1 unspecified atom stereocenters. The minimum Gasteiger partial charge on any atom is -0.339 e. The first-order chi connectivity index (χ1) is 7.84. The van der Waals surface area contributed by atoms with Crippen LogP contribution in [0.3, 0.4) is 0 Å². The minimum atomic E-state index is -3.25. The summed E-state index contributed by atoms with van der Waals surface area (Å²) in [6.45, 7) is 3.39. The highest BCUT2D eigenvalue weighted by atomic mass is 32.2. The van der Waals surface area contributed by atoms with Crippen LogP contribution in [-0.4, -0.2) is 30.6 Å². The number of rotatable bonds is 6. The molecule has 7 heteroatoms. The van der Waals surface area contributed by atoms with Crippen molar-refractivity contribution in [1.82, 2.24) is 10.1 Å². The molecule has 1 heterocycles. The maximum absolute atomic E-state index is 11.3. The van der Waals surface area contributed by atoms with Crippen molar-refractivity contribution in [2.24, 2.45) is 0 Å². The summed E-state index contributed by atoms with van der Waals surface area (Å²) in [5, 5.41) is 2.76. The zero-order chi connectivity index (χ0) is 13.1. The number of Topliss-reactive ketones (excluding diaryl/α,β-unsaturated/α-hetero) is 1. The van der Waals surface area contributed by atoms with E-state index in [0.717, 1.165) is 12.7 Å². The van der Waals surface area contributed by atoms with Crippen molar-refractivity contribution in [3.8, 4) is 0 Å². The van der Waals surface area contributed by atoms with Crippen LogP contribution in [0.15, 0.2) is 4.52 Å². The third-order valence-electron chi connectivity index (χ3n) is 2.37. The lowest BCUT2D eigenvalue weighted by atomic mass is 10.2. The highest BCUT2D eigenvalue weighted by Gasteiger charge is 2.23. The van der Waals surface area contributed by atoms with E-state index in [1.54, 1.807) is 0 Å². The summed E-state index contributed by atoms with van der Waals surface area (Å²) in [6, 6.07) is 0. The summed E-state index contributed by atoms with van der Waals surface area (Å²) < 4.78 is 27.4. The summed E-state index contributed by atoms with van der Waals surface area (Å²) in [5.41, 5.74) is 0. The standard InChI is InChI=1S/C10H16N2O4S/c1-4-5-8(13)6-9-11-10(12-16-9)7(2)17(3,14)15/h7H,4-6H2,1-3H3. The third-order valence-corrected chi connectivity index (χ3v) is 3.86. The van der Waals surface area contributed by atoms with Gasteiger partial charge in [-0.05, 0) is 13.3 Å². The normalized spacial score (nSPS) is 13.6. The van der Waals surface area contributed by atoms with Crippen molar-refractivity contribution >= 4 is 15.6 Å². The number of hydrogen-bond acceptors (Lipinski definition) is 6. The predicted octanol–water partition coefficient (Wildman–Crippen LogP) is 1.09. The fourth-order valence-electron chi connectivity index (χ4n) is 1.23. The topological polar surface area (TPSA) is 90.1 Å². The molecule has 0 fully saturated rings. The molecule has 0 radical (unpaired) electrons. The largest absolute Gasteiger partial charge is 0.339 e. The Morgan fingerprint density at radius 2 is 2.12 bits per heavy atom. The summed E-state index contributed by atoms with van der Waals surface area (Å²) in [5.74, 6) is 0.287. The Balaban J connectivity index is 2.75. The van der Waals surface area contributed by atoms with Gasteiger partial charge in [0.05, 0.1) is 6.42 Å². The molecule has 1 atom stereocenters. The highest BCUT2D eigenvalue weighted by molar-refractivity contribution is 7.90. The van der Waals surface area contributed by atoms with Gasteiger partial charge in [0.15, 0.2) is 15.7 Å². The van der Waals surface area contributed by atoms with Gasteiger partial charge < -0.3 is 4.52 Å². The summed E-state index contributed by atoms with van der Waals surface area (Å²) >= 11 is 0. The van der Waals surface area contributed by atoms with Crippen LogP contribution in [0, 0.1) is 0 Å². The number of sulfone groups is 1. The Labute approximate surface area is 100 Å². The van der Waals surface area contributed by atoms with E-state index in [9.17, 15) is 13.2 Å². The average Bonchev–Trinajstić information content (AvgIpc) is 2.63. The molecule has 0 saturated carbocycles. The maximum atomic E-state index is 11.3. The van der Waals surface area contributed by atoms with Gasteiger partial charge in [-0.2, -0.15) is 4.98 Å². The Kier molecular flexibility index (Phi) is 4.39. The third kappa shape index (κ3) is 3.92. The van der Waals surface area contributed by atoms with Gasteiger partial charge in [0.2, 0.25) is 5.89 Å². The number of hydrogen-bond donors (Lipinski definition) is 0. The molecule has 0 aliphatic carbocycles. The van der Waals surface area contributed by atoms with Crippen LogP contribution >= 0.6 is 0 Å². The molecule has 0 aliphatic rings. The fourth-order valence-corrected chi connectivity index (χ4v) is 1.71. The second kappa shape index (κ2) is 5.39.